The summed E-state index contributed by atoms with van der Waals surface area (Å²) in [5.41, 5.74) is 1.09. The molecule has 1 aromatic heterocycles. The number of benzene rings is 1. The van der Waals surface area contributed by atoms with E-state index in [9.17, 15) is 4.79 Å². The first kappa shape index (κ1) is 13.1. The summed E-state index contributed by atoms with van der Waals surface area (Å²) in [5, 5.41) is 8.82. The number of hydrogen-bond donors (Lipinski definition) is 2. The van der Waals surface area contributed by atoms with Crippen molar-refractivity contribution in [3.05, 3.63) is 36.2 Å². The van der Waals surface area contributed by atoms with Crippen LogP contribution in [0.15, 0.2) is 30.6 Å². The molecule has 0 saturated carbocycles. The molecule has 2 N–H and O–H groups in total. The molecular formula is C13H16N4O2. The number of H-pyrrole nitrogens is 1. The Hall–Kier alpha value is -2.37. The van der Waals surface area contributed by atoms with Crippen LogP contribution in [0.1, 0.15) is 18.4 Å². The van der Waals surface area contributed by atoms with Crippen molar-refractivity contribution in [3.8, 4) is 5.75 Å². The van der Waals surface area contributed by atoms with Crippen LogP contribution in [-0.4, -0.2) is 27.7 Å². The lowest BCUT2D eigenvalue weighted by Gasteiger charge is -2.08. The van der Waals surface area contributed by atoms with Gasteiger partial charge in [-0.3, -0.25) is 10.1 Å². The maximum Gasteiger partial charge on any atom is 0.226 e. The first-order chi connectivity index (χ1) is 9.25. The number of carbonyl (C=O) groups is 1. The van der Waals surface area contributed by atoms with Crippen LogP contribution >= 0.6 is 0 Å². The monoisotopic (exact) mass is 260 g/mol. The van der Waals surface area contributed by atoms with Crippen molar-refractivity contribution in [2.45, 2.75) is 19.8 Å². The van der Waals surface area contributed by atoms with Gasteiger partial charge in [0.2, 0.25) is 11.9 Å². The van der Waals surface area contributed by atoms with Gasteiger partial charge in [-0.05, 0) is 25.0 Å². The van der Waals surface area contributed by atoms with Crippen LogP contribution in [0.3, 0.4) is 0 Å². The zero-order chi connectivity index (χ0) is 13.5. The molecule has 2 aromatic rings. The smallest absolute Gasteiger partial charge is 0.226 e. The highest BCUT2D eigenvalue weighted by Crippen LogP contribution is 2.16. The Morgan fingerprint density at radius 1 is 1.42 bits per heavy atom. The number of aromatic nitrogens is 3. The van der Waals surface area contributed by atoms with Crippen LogP contribution in [0.25, 0.3) is 0 Å². The highest BCUT2D eigenvalue weighted by molar-refractivity contribution is 5.88. The van der Waals surface area contributed by atoms with Gasteiger partial charge in [0.1, 0.15) is 12.1 Å². The maximum absolute atomic E-state index is 11.5. The van der Waals surface area contributed by atoms with Gasteiger partial charge in [0, 0.05) is 6.42 Å². The molecule has 0 aliphatic heterocycles. The van der Waals surface area contributed by atoms with Crippen molar-refractivity contribution in [3.63, 3.8) is 0 Å². The summed E-state index contributed by atoms with van der Waals surface area (Å²) in [4.78, 5) is 15.3. The zero-order valence-electron chi connectivity index (χ0n) is 10.7. The van der Waals surface area contributed by atoms with Gasteiger partial charge in [-0.1, -0.05) is 18.2 Å². The molecule has 100 valence electrons. The highest BCUT2D eigenvalue weighted by atomic mass is 16.5. The Morgan fingerprint density at radius 2 is 2.26 bits per heavy atom. The molecule has 19 heavy (non-hydrogen) atoms. The molecule has 0 saturated heterocycles. The Morgan fingerprint density at radius 3 is 3.00 bits per heavy atom. The number of nitrogens with one attached hydrogen (secondary N) is 2. The van der Waals surface area contributed by atoms with E-state index in [1.807, 2.05) is 31.2 Å². The van der Waals surface area contributed by atoms with E-state index in [-0.39, 0.29) is 5.91 Å². The normalized spacial score (nSPS) is 10.2. The molecule has 1 heterocycles. The minimum atomic E-state index is -0.106. The van der Waals surface area contributed by atoms with E-state index >= 15 is 0 Å². The summed E-state index contributed by atoms with van der Waals surface area (Å²) < 4.78 is 5.61. The number of nitrogens with zero attached hydrogens (tertiary/aromatic N) is 2. The fourth-order valence-electron chi connectivity index (χ4n) is 1.59. The number of carbonyl (C=O) groups excluding carboxylic acids is 1. The van der Waals surface area contributed by atoms with Crippen molar-refractivity contribution >= 4 is 11.9 Å². The summed E-state index contributed by atoms with van der Waals surface area (Å²) in [6.45, 7) is 2.50. The van der Waals surface area contributed by atoms with Crippen LogP contribution < -0.4 is 10.1 Å². The molecule has 0 aliphatic rings. The average molecular weight is 260 g/mol. The molecule has 2 rings (SSSR count). The minimum Gasteiger partial charge on any atom is -0.493 e. The second-order valence-electron chi connectivity index (χ2n) is 4.10. The third-order valence-electron chi connectivity index (χ3n) is 2.57. The maximum atomic E-state index is 11.5. The van der Waals surface area contributed by atoms with Gasteiger partial charge in [-0.25, -0.2) is 5.10 Å². The number of aryl methyl sites for hydroxylation is 1. The fourth-order valence-corrected chi connectivity index (χ4v) is 1.59. The predicted molar refractivity (Wildman–Crippen MR) is 70.9 cm³/mol. The quantitative estimate of drug-likeness (QED) is 0.777. The molecule has 0 atom stereocenters. The summed E-state index contributed by atoms with van der Waals surface area (Å²) in [6.07, 6.45) is 2.37. The molecule has 1 amide bonds. The van der Waals surface area contributed by atoms with E-state index in [2.05, 4.69) is 20.5 Å². The number of amides is 1. The van der Waals surface area contributed by atoms with E-state index < -0.39 is 0 Å². The van der Waals surface area contributed by atoms with Crippen LogP contribution in [0.4, 0.5) is 5.95 Å². The number of ether oxygens (including phenoxy) is 1. The van der Waals surface area contributed by atoms with Gasteiger partial charge in [0.15, 0.2) is 0 Å². The van der Waals surface area contributed by atoms with Crippen LogP contribution in [0, 0.1) is 6.92 Å². The number of hydrogen-bond acceptors (Lipinski definition) is 4. The lowest BCUT2D eigenvalue weighted by molar-refractivity contribution is -0.116. The third kappa shape index (κ3) is 4.09. The topological polar surface area (TPSA) is 79.9 Å². The summed E-state index contributed by atoms with van der Waals surface area (Å²) in [5.74, 6) is 1.12. The second kappa shape index (κ2) is 6.53. The van der Waals surface area contributed by atoms with Gasteiger partial charge in [-0.15, -0.1) is 0 Å². The molecule has 0 fully saturated rings. The van der Waals surface area contributed by atoms with Gasteiger partial charge >= 0.3 is 0 Å². The number of aromatic amines is 1. The molecular weight excluding hydrogens is 244 g/mol. The van der Waals surface area contributed by atoms with Gasteiger partial charge < -0.3 is 4.74 Å². The van der Waals surface area contributed by atoms with E-state index in [1.54, 1.807) is 0 Å². The molecule has 0 aliphatic carbocycles. The third-order valence-corrected chi connectivity index (χ3v) is 2.57. The fraction of sp³-hybridized carbons (Fsp3) is 0.308. The summed E-state index contributed by atoms with van der Waals surface area (Å²) in [7, 11) is 0. The number of rotatable bonds is 6. The first-order valence-electron chi connectivity index (χ1n) is 6.09. The Bertz CT molecular complexity index is 525. The molecule has 0 unspecified atom stereocenters. The van der Waals surface area contributed by atoms with E-state index in [4.69, 9.17) is 4.74 Å². The highest BCUT2D eigenvalue weighted by Gasteiger charge is 2.04. The standard InChI is InChI=1S/C13H16N4O2/c1-10-5-2-3-6-11(10)19-8-4-7-12(18)16-13-14-9-15-17-13/h2-3,5-6,9H,4,7-8H2,1H3,(H2,14,15,16,17,18). The molecule has 1 aromatic carbocycles. The van der Waals surface area contributed by atoms with Gasteiger partial charge in [0.05, 0.1) is 6.61 Å². The van der Waals surface area contributed by atoms with Crippen LogP contribution in [-0.2, 0) is 4.79 Å². The van der Waals surface area contributed by atoms with Crippen molar-refractivity contribution in [1.29, 1.82) is 0 Å². The Balaban J connectivity index is 1.67. The first-order valence-corrected chi connectivity index (χ1v) is 6.09. The molecule has 0 bridgehead atoms. The number of anilines is 1. The molecule has 6 heteroatoms. The largest absolute Gasteiger partial charge is 0.493 e. The van der Waals surface area contributed by atoms with Crippen molar-refractivity contribution < 1.29 is 9.53 Å². The van der Waals surface area contributed by atoms with Gasteiger partial charge in [0.25, 0.3) is 0 Å². The average Bonchev–Trinajstić information content (AvgIpc) is 2.89. The lowest BCUT2D eigenvalue weighted by atomic mass is 10.2. The number of para-hydroxylation sites is 1. The summed E-state index contributed by atoms with van der Waals surface area (Å²) >= 11 is 0. The van der Waals surface area contributed by atoms with E-state index in [1.165, 1.54) is 6.33 Å². The SMILES string of the molecule is Cc1ccccc1OCCCC(=O)Nc1ncn[nH]1. The minimum absolute atomic E-state index is 0.106. The van der Waals surface area contributed by atoms with Crippen molar-refractivity contribution in [2.75, 3.05) is 11.9 Å². The van der Waals surface area contributed by atoms with E-state index in [0.717, 1.165) is 11.3 Å². The second-order valence-corrected chi connectivity index (χ2v) is 4.10. The van der Waals surface area contributed by atoms with Crippen LogP contribution in [0.5, 0.6) is 5.75 Å². The van der Waals surface area contributed by atoms with Crippen molar-refractivity contribution in [1.82, 2.24) is 15.2 Å². The zero-order valence-corrected chi connectivity index (χ0v) is 10.7. The lowest BCUT2D eigenvalue weighted by Crippen LogP contribution is -2.13. The van der Waals surface area contributed by atoms with Crippen molar-refractivity contribution in [2.24, 2.45) is 0 Å². The van der Waals surface area contributed by atoms with Gasteiger partial charge in [-0.2, -0.15) is 10.1 Å². The predicted octanol–water partition coefficient (Wildman–Crippen LogP) is 1.91. The molecule has 0 spiro atoms. The Kier molecular flexibility index (Phi) is 4.49. The molecule has 6 nitrogen and oxygen atoms in total. The Labute approximate surface area is 111 Å². The van der Waals surface area contributed by atoms with Crippen LogP contribution in [0.2, 0.25) is 0 Å². The molecule has 0 radical (unpaired) electrons. The van der Waals surface area contributed by atoms with E-state index in [0.29, 0.717) is 25.4 Å². The summed E-state index contributed by atoms with van der Waals surface area (Å²) in [6, 6.07) is 7.81.